The Kier molecular flexibility index (Phi) is 8.32. The van der Waals surface area contributed by atoms with Gasteiger partial charge in [0, 0.05) is 44.0 Å². The van der Waals surface area contributed by atoms with Crippen LogP contribution in [0.15, 0.2) is 84.0 Å². The van der Waals surface area contributed by atoms with E-state index in [0.717, 1.165) is 49.6 Å². The zero-order chi connectivity index (χ0) is 25.5. The van der Waals surface area contributed by atoms with Crippen LogP contribution in [0.25, 0.3) is 6.08 Å². The van der Waals surface area contributed by atoms with Gasteiger partial charge in [0.25, 0.3) is 0 Å². The van der Waals surface area contributed by atoms with Crippen molar-refractivity contribution in [1.29, 1.82) is 0 Å². The summed E-state index contributed by atoms with van der Waals surface area (Å²) in [7, 11) is 0. The van der Waals surface area contributed by atoms with E-state index in [0.29, 0.717) is 0 Å². The summed E-state index contributed by atoms with van der Waals surface area (Å²) in [6.07, 6.45) is 5.09. The maximum atomic E-state index is 9.79. The van der Waals surface area contributed by atoms with E-state index in [1.54, 1.807) is 12.1 Å². The summed E-state index contributed by atoms with van der Waals surface area (Å²) < 4.78 is 0. The lowest BCUT2D eigenvalue weighted by Gasteiger charge is -2.25. The van der Waals surface area contributed by atoms with E-state index in [-0.39, 0.29) is 11.8 Å². The molecule has 4 rings (SSSR count). The zero-order valence-corrected chi connectivity index (χ0v) is 21.9. The van der Waals surface area contributed by atoms with Gasteiger partial charge in [-0.05, 0) is 93.4 Å². The van der Waals surface area contributed by atoms with Crippen LogP contribution in [0.5, 0.6) is 5.75 Å². The molecule has 0 saturated heterocycles. The van der Waals surface area contributed by atoms with Gasteiger partial charge in [0.1, 0.15) is 5.75 Å². The van der Waals surface area contributed by atoms with Crippen LogP contribution < -0.4 is 14.8 Å². The second kappa shape index (κ2) is 11.8. The Morgan fingerprint density at radius 2 is 1.28 bits per heavy atom. The first-order chi connectivity index (χ1) is 17.6. The lowest BCUT2D eigenvalue weighted by Crippen LogP contribution is -2.22. The van der Waals surface area contributed by atoms with Gasteiger partial charge in [-0.2, -0.15) is 5.10 Å². The largest absolute Gasteiger partial charge is 0.508 e. The van der Waals surface area contributed by atoms with Crippen LogP contribution in [0.2, 0.25) is 0 Å². The second-order valence-electron chi connectivity index (χ2n) is 9.03. The SMILES string of the molecule is CCN(CC)c1ccc(/C=C/C2=NN(c3ccc(O)cc3)C(c3ccc(N(CC)CC)cc3)C2)cc1. The zero-order valence-electron chi connectivity index (χ0n) is 21.9. The van der Waals surface area contributed by atoms with Gasteiger partial charge in [-0.3, -0.25) is 5.01 Å². The summed E-state index contributed by atoms with van der Waals surface area (Å²) in [5, 5.41) is 16.9. The summed E-state index contributed by atoms with van der Waals surface area (Å²) in [6, 6.07) is 25.0. The maximum Gasteiger partial charge on any atom is 0.115 e. The number of phenolic OH excluding ortho intramolecular Hbond substituents is 1. The van der Waals surface area contributed by atoms with Crippen molar-refractivity contribution in [2.75, 3.05) is 41.0 Å². The molecule has 0 amide bonds. The molecule has 1 N–H and O–H groups in total. The third kappa shape index (κ3) is 5.73. The van der Waals surface area contributed by atoms with E-state index in [2.05, 4.69) is 103 Å². The molecule has 0 spiro atoms. The quantitative estimate of drug-likeness (QED) is 0.334. The Hall–Kier alpha value is -3.73. The van der Waals surface area contributed by atoms with Crippen molar-refractivity contribution < 1.29 is 5.11 Å². The van der Waals surface area contributed by atoms with Crippen LogP contribution >= 0.6 is 0 Å². The van der Waals surface area contributed by atoms with Crippen LogP contribution in [0.4, 0.5) is 17.1 Å². The number of phenols is 1. The number of hydrogen-bond donors (Lipinski definition) is 1. The van der Waals surface area contributed by atoms with Gasteiger partial charge >= 0.3 is 0 Å². The minimum absolute atomic E-state index is 0.102. The molecule has 0 aliphatic carbocycles. The van der Waals surface area contributed by atoms with Gasteiger partial charge < -0.3 is 14.9 Å². The molecule has 0 saturated carbocycles. The van der Waals surface area contributed by atoms with Crippen molar-refractivity contribution in [2.45, 2.75) is 40.2 Å². The predicted octanol–water partition coefficient (Wildman–Crippen LogP) is 7.11. The van der Waals surface area contributed by atoms with Crippen LogP contribution in [0.3, 0.4) is 0 Å². The summed E-state index contributed by atoms with van der Waals surface area (Å²) in [6.45, 7) is 12.7. The molecule has 1 atom stereocenters. The van der Waals surface area contributed by atoms with E-state index < -0.39 is 0 Å². The Balaban J connectivity index is 1.57. The van der Waals surface area contributed by atoms with Crippen molar-refractivity contribution in [3.63, 3.8) is 0 Å². The van der Waals surface area contributed by atoms with Crippen molar-refractivity contribution in [2.24, 2.45) is 5.10 Å². The topological polar surface area (TPSA) is 42.3 Å². The van der Waals surface area contributed by atoms with Crippen molar-refractivity contribution in [1.82, 2.24) is 0 Å². The first-order valence-corrected chi connectivity index (χ1v) is 13.1. The maximum absolute atomic E-state index is 9.79. The number of allylic oxidation sites excluding steroid dienone is 1. The van der Waals surface area contributed by atoms with Crippen LogP contribution in [0.1, 0.15) is 51.3 Å². The first kappa shape index (κ1) is 25.4. The van der Waals surface area contributed by atoms with Crippen molar-refractivity contribution in [3.05, 3.63) is 90.0 Å². The highest BCUT2D eigenvalue weighted by Gasteiger charge is 2.28. The van der Waals surface area contributed by atoms with E-state index >= 15 is 0 Å². The summed E-state index contributed by atoms with van der Waals surface area (Å²) in [5.74, 6) is 0.260. The van der Waals surface area contributed by atoms with E-state index in [1.165, 1.54) is 16.9 Å². The molecule has 1 unspecified atom stereocenters. The third-order valence-corrected chi connectivity index (χ3v) is 6.94. The van der Waals surface area contributed by atoms with Gasteiger partial charge in [-0.25, -0.2) is 0 Å². The fourth-order valence-electron chi connectivity index (χ4n) is 4.81. The molecule has 1 aliphatic rings. The number of anilines is 3. The fourth-order valence-corrected chi connectivity index (χ4v) is 4.81. The number of hydrazone groups is 1. The third-order valence-electron chi connectivity index (χ3n) is 6.94. The lowest BCUT2D eigenvalue weighted by molar-refractivity contribution is 0.475. The highest BCUT2D eigenvalue weighted by Crippen LogP contribution is 2.37. The average molecular weight is 483 g/mol. The second-order valence-corrected chi connectivity index (χ2v) is 9.03. The van der Waals surface area contributed by atoms with E-state index in [1.807, 2.05) is 12.1 Å². The predicted molar refractivity (Wildman–Crippen MR) is 154 cm³/mol. The Morgan fingerprint density at radius 1 is 0.750 bits per heavy atom. The molecule has 1 heterocycles. The first-order valence-electron chi connectivity index (χ1n) is 13.1. The number of aromatic hydroxyl groups is 1. The molecule has 1 aliphatic heterocycles. The Morgan fingerprint density at radius 3 is 1.81 bits per heavy atom. The van der Waals surface area contributed by atoms with E-state index in [9.17, 15) is 5.11 Å². The molecule has 3 aromatic carbocycles. The monoisotopic (exact) mass is 482 g/mol. The van der Waals surface area contributed by atoms with Crippen LogP contribution in [0, 0.1) is 0 Å². The summed E-state index contributed by atoms with van der Waals surface area (Å²) in [4.78, 5) is 4.70. The van der Waals surface area contributed by atoms with Gasteiger partial charge in [0.2, 0.25) is 0 Å². The Labute approximate surface area is 216 Å². The lowest BCUT2D eigenvalue weighted by atomic mass is 10.00. The van der Waals surface area contributed by atoms with Gasteiger partial charge in [-0.1, -0.05) is 30.3 Å². The molecular weight excluding hydrogens is 444 g/mol. The molecular formula is C31H38N4O. The van der Waals surface area contributed by atoms with Gasteiger partial charge in [0.15, 0.2) is 0 Å². The molecule has 0 radical (unpaired) electrons. The Bertz CT molecular complexity index is 1160. The molecule has 0 bridgehead atoms. The molecule has 188 valence electrons. The molecule has 0 aromatic heterocycles. The number of rotatable bonds is 10. The van der Waals surface area contributed by atoms with Crippen molar-refractivity contribution in [3.8, 4) is 5.75 Å². The van der Waals surface area contributed by atoms with Crippen molar-refractivity contribution >= 4 is 28.8 Å². The molecule has 5 heteroatoms. The number of nitrogens with zero attached hydrogens (tertiary/aromatic N) is 4. The highest BCUT2D eigenvalue weighted by molar-refractivity contribution is 6.01. The van der Waals surface area contributed by atoms with E-state index in [4.69, 9.17) is 5.10 Å². The minimum Gasteiger partial charge on any atom is -0.508 e. The summed E-state index contributed by atoms with van der Waals surface area (Å²) >= 11 is 0. The van der Waals surface area contributed by atoms with Gasteiger partial charge in [-0.15, -0.1) is 0 Å². The number of hydrogen-bond acceptors (Lipinski definition) is 5. The smallest absolute Gasteiger partial charge is 0.115 e. The molecule has 0 fully saturated rings. The van der Waals surface area contributed by atoms with Gasteiger partial charge in [0.05, 0.1) is 17.4 Å². The highest BCUT2D eigenvalue weighted by atomic mass is 16.3. The normalized spacial score (nSPS) is 15.4. The van der Waals surface area contributed by atoms with Crippen LogP contribution in [-0.2, 0) is 0 Å². The fraction of sp³-hybridized carbons (Fsp3) is 0.323. The molecule has 36 heavy (non-hydrogen) atoms. The van der Waals surface area contributed by atoms with Crippen LogP contribution in [-0.4, -0.2) is 37.0 Å². The number of benzene rings is 3. The summed E-state index contributed by atoms with van der Waals surface area (Å²) in [5.41, 5.74) is 6.90. The molecule has 3 aromatic rings. The minimum atomic E-state index is 0.102. The standard InChI is InChI=1S/C31H38N4O/c1-5-33(6-2)27-15-10-24(11-16-27)9-14-26-23-31(35(32-26)29-19-21-30(36)22-20-29)25-12-17-28(18-13-25)34(7-3)8-4/h9-22,31,36H,5-8,23H2,1-4H3/b14-9+. The average Bonchev–Trinajstić information content (AvgIpc) is 3.35. The molecule has 5 nitrogen and oxygen atoms in total.